The van der Waals surface area contributed by atoms with Crippen molar-refractivity contribution in [3.63, 3.8) is 0 Å². The second-order valence-electron chi connectivity index (χ2n) is 6.05. The molecule has 1 unspecified atom stereocenters. The normalized spacial score (nSPS) is 19.5. The Kier molecular flexibility index (Phi) is 7.13. The minimum Gasteiger partial charge on any atom is -0.353 e. The molecule has 1 N–H and O–H groups in total. The summed E-state index contributed by atoms with van der Waals surface area (Å²) in [4.78, 5) is 14.3. The van der Waals surface area contributed by atoms with Gasteiger partial charge in [0.2, 0.25) is 5.91 Å². The Morgan fingerprint density at radius 2 is 2.27 bits per heavy atom. The second-order valence-corrected chi connectivity index (χ2v) is 6.90. The van der Waals surface area contributed by atoms with E-state index in [1.165, 1.54) is 25.9 Å². The van der Waals surface area contributed by atoms with Crippen LogP contribution in [0.4, 0.5) is 0 Å². The molecule has 1 fully saturated rings. The van der Waals surface area contributed by atoms with Crippen molar-refractivity contribution in [2.45, 2.75) is 26.2 Å². The molecule has 1 atom stereocenters. The molecule has 2 rings (SSSR count). The maximum atomic E-state index is 11.8. The zero-order valence-corrected chi connectivity index (χ0v) is 14.8. The van der Waals surface area contributed by atoms with Gasteiger partial charge in [-0.3, -0.25) is 4.79 Å². The van der Waals surface area contributed by atoms with Gasteiger partial charge >= 0.3 is 0 Å². The van der Waals surface area contributed by atoms with Gasteiger partial charge in [-0.1, -0.05) is 41.1 Å². The average molecular weight is 365 g/mol. The Hall–Kier alpha value is -1.13. The van der Waals surface area contributed by atoms with Crippen molar-refractivity contribution in [1.29, 1.82) is 0 Å². The number of likely N-dealkylation sites (tertiary alicyclic amines) is 1. The highest BCUT2D eigenvalue weighted by Gasteiger charge is 2.15. The number of halogens is 1. The lowest BCUT2D eigenvalue weighted by Gasteiger charge is -2.30. The Balaban J connectivity index is 1.64. The fraction of sp³-hybridized carbons (Fsp3) is 0.500. The molecule has 0 spiro atoms. The quantitative estimate of drug-likeness (QED) is 0.616. The summed E-state index contributed by atoms with van der Waals surface area (Å²) in [5, 5.41) is 2.96. The molecule has 1 aromatic carbocycles. The molecule has 0 bridgehead atoms. The topological polar surface area (TPSA) is 32.3 Å². The number of carbonyl (C=O) groups is 1. The minimum absolute atomic E-state index is 0.0252. The lowest BCUT2D eigenvalue weighted by atomic mass is 10.0. The van der Waals surface area contributed by atoms with E-state index in [4.69, 9.17) is 0 Å². The van der Waals surface area contributed by atoms with Crippen molar-refractivity contribution < 1.29 is 4.79 Å². The molecule has 1 aromatic rings. The lowest BCUT2D eigenvalue weighted by Crippen LogP contribution is -2.36. The molecule has 120 valence electrons. The molecule has 1 amide bonds. The van der Waals surface area contributed by atoms with Crippen LogP contribution in [0.3, 0.4) is 0 Å². The van der Waals surface area contributed by atoms with E-state index in [9.17, 15) is 4.79 Å². The van der Waals surface area contributed by atoms with Crippen LogP contribution < -0.4 is 5.32 Å². The van der Waals surface area contributed by atoms with Crippen LogP contribution in [0.15, 0.2) is 34.8 Å². The van der Waals surface area contributed by atoms with Crippen LogP contribution in [-0.2, 0) is 4.79 Å². The summed E-state index contributed by atoms with van der Waals surface area (Å²) < 4.78 is 0.998. The Morgan fingerprint density at radius 3 is 3.05 bits per heavy atom. The van der Waals surface area contributed by atoms with Gasteiger partial charge in [0.1, 0.15) is 0 Å². The minimum atomic E-state index is -0.0252. The molecule has 0 aliphatic carbocycles. The highest BCUT2D eigenvalue weighted by atomic mass is 79.9. The number of rotatable bonds is 6. The van der Waals surface area contributed by atoms with E-state index >= 15 is 0 Å². The van der Waals surface area contributed by atoms with Crippen LogP contribution in [0.25, 0.3) is 6.08 Å². The molecule has 1 saturated heterocycles. The molecule has 0 saturated carbocycles. The number of carbonyl (C=O) groups excluding carboxylic acids is 1. The van der Waals surface area contributed by atoms with Gasteiger partial charge in [-0.25, -0.2) is 0 Å². The number of nitrogens with zero attached hydrogens (tertiary/aromatic N) is 1. The maximum absolute atomic E-state index is 11.8. The number of piperidine rings is 1. The number of amides is 1. The van der Waals surface area contributed by atoms with Crippen molar-refractivity contribution in [2.75, 3.05) is 26.2 Å². The fourth-order valence-electron chi connectivity index (χ4n) is 2.84. The highest BCUT2D eigenvalue weighted by molar-refractivity contribution is 9.10. The predicted octanol–water partition coefficient (Wildman–Crippen LogP) is 3.70. The standard InChI is InChI=1S/C18H25BrN2O/c1-15-6-4-12-21(14-15)13-5-11-20-18(22)10-9-16-7-2-3-8-17(16)19/h2-3,7-10,15H,4-6,11-14H2,1H3,(H,20,22)/b10-9+. The van der Waals surface area contributed by atoms with Gasteiger partial charge in [0, 0.05) is 23.6 Å². The van der Waals surface area contributed by atoms with Gasteiger partial charge in [0.05, 0.1) is 0 Å². The van der Waals surface area contributed by atoms with E-state index in [0.29, 0.717) is 0 Å². The monoisotopic (exact) mass is 364 g/mol. The highest BCUT2D eigenvalue weighted by Crippen LogP contribution is 2.17. The van der Waals surface area contributed by atoms with Gasteiger partial charge < -0.3 is 10.2 Å². The molecule has 22 heavy (non-hydrogen) atoms. The molecule has 1 aliphatic heterocycles. The summed E-state index contributed by atoms with van der Waals surface area (Å²) in [7, 11) is 0. The summed E-state index contributed by atoms with van der Waals surface area (Å²) in [5.41, 5.74) is 1.01. The van der Waals surface area contributed by atoms with E-state index < -0.39 is 0 Å². The summed E-state index contributed by atoms with van der Waals surface area (Å²) in [5.74, 6) is 0.790. The van der Waals surface area contributed by atoms with Crippen molar-refractivity contribution in [1.82, 2.24) is 10.2 Å². The van der Waals surface area contributed by atoms with E-state index in [1.807, 2.05) is 30.3 Å². The van der Waals surface area contributed by atoms with E-state index in [-0.39, 0.29) is 5.91 Å². The molecule has 1 aliphatic rings. The third-order valence-electron chi connectivity index (χ3n) is 4.01. The molecule has 0 radical (unpaired) electrons. The van der Waals surface area contributed by atoms with E-state index in [2.05, 4.69) is 33.1 Å². The summed E-state index contributed by atoms with van der Waals surface area (Å²) in [6.07, 6.45) is 7.12. The third-order valence-corrected chi connectivity index (χ3v) is 4.73. The van der Waals surface area contributed by atoms with Gasteiger partial charge in [-0.15, -0.1) is 0 Å². The predicted molar refractivity (Wildman–Crippen MR) is 95.6 cm³/mol. The summed E-state index contributed by atoms with van der Waals surface area (Å²) in [6, 6.07) is 7.87. The van der Waals surface area contributed by atoms with Crippen LogP contribution in [0, 0.1) is 5.92 Å². The molecule has 1 heterocycles. The first-order valence-corrected chi connectivity index (χ1v) is 8.87. The van der Waals surface area contributed by atoms with Crippen molar-refractivity contribution >= 4 is 27.9 Å². The number of nitrogens with one attached hydrogen (secondary N) is 1. The molecular formula is C18H25BrN2O. The zero-order valence-electron chi connectivity index (χ0n) is 13.2. The van der Waals surface area contributed by atoms with Crippen molar-refractivity contribution in [3.05, 3.63) is 40.4 Å². The molecule has 4 heteroatoms. The van der Waals surface area contributed by atoms with Crippen molar-refractivity contribution in [3.8, 4) is 0 Å². The smallest absolute Gasteiger partial charge is 0.244 e. The Labute approximate surface area is 141 Å². The zero-order chi connectivity index (χ0) is 15.8. The Bertz CT molecular complexity index is 516. The number of benzene rings is 1. The maximum Gasteiger partial charge on any atom is 0.244 e. The van der Waals surface area contributed by atoms with Crippen LogP contribution in [0.5, 0.6) is 0 Å². The van der Waals surface area contributed by atoms with Crippen LogP contribution in [0.1, 0.15) is 31.7 Å². The lowest BCUT2D eigenvalue weighted by molar-refractivity contribution is -0.116. The first-order valence-electron chi connectivity index (χ1n) is 8.08. The second kappa shape index (κ2) is 9.11. The molecule has 3 nitrogen and oxygen atoms in total. The van der Waals surface area contributed by atoms with E-state index in [1.54, 1.807) is 6.08 Å². The SMILES string of the molecule is CC1CCCN(CCCNC(=O)/C=C/c2ccccc2Br)C1. The largest absolute Gasteiger partial charge is 0.353 e. The fourth-order valence-corrected chi connectivity index (χ4v) is 3.26. The first kappa shape index (κ1) is 17.2. The van der Waals surface area contributed by atoms with Crippen LogP contribution in [0.2, 0.25) is 0 Å². The van der Waals surface area contributed by atoms with E-state index in [0.717, 1.165) is 35.5 Å². The Morgan fingerprint density at radius 1 is 1.45 bits per heavy atom. The van der Waals surface area contributed by atoms with Gasteiger partial charge in [-0.2, -0.15) is 0 Å². The van der Waals surface area contributed by atoms with Gasteiger partial charge in [0.15, 0.2) is 0 Å². The van der Waals surface area contributed by atoms with Crippen molar-refractivity contribution in [2.24, 2.45) is 5.92 Å². The number of hydrogen-bond donors (Lipinski definition) is 1. The molecule has 0 aromatic heterocycles. The number of hydrogen-bond acceptors (Lipinski definition) is 2. The van der Waals surface area contributed by atoms with Gasteiger partial charge in [0.25, 0.3) is 0 Å². The average Bonchev–Trinajstić information content (AvgIpc) is 2.51. The molecular weight excluding hydrogens is 340 g/mol. The van der Waals surface area contributed by atoms with Crippen LogP contribution >= 0.6 is 15.9 Å². The first-order chi connectivity index (χ1) is 10.6. The van der Waals surface area contributed by atoms with Crippen LogP contribution in [-0.4, -0.2) is 37.0 Å². The summed E-state index contributed by atoms with van der Waals surface area (Å²) in [6.45, 7) is 6.55. The summed E-state index contributed by atoms with van der Waals surface area (Å²) >= 11 is 3.47. The van der Waals surface area contributed by atoms with Gasteiger partial charge in [-0.05, 0) is 56.0 Å². The third kappa shape index (κ3) is 5.93.